The van der Waals surface area contributed by atoms with Crippen molar-refractivity contribution < 1.29 is 28.6 Å². The molecule has 1 aromatic carbocycles. The summed E-state index contributed by atoms with van der Waals surface area (Å²) >= 11 is 6.25. The van der Waals surface area contributed by atoms with Crippen LogP contribution in [0.25, 0.3) is 0 Å². The van der Waals surface area contributed by atoms with Crippen LogP contribution in [0.4, 0.5) is 25.9 Å². The Kier molecular flexibility index (Phi) is 8.16. The van der Waals surface area contributed by atoms with Crippen LogP contribution >= 0.6 is 11.6 Å². The fourth-order valence-electron chi connectivity index (χ4n) is 4.86. The van der Waals surface area contributed by atoms with Gasteiger partial charge in [0.05, 0.1) is 17.8 Å². The van der Waals surface area contributed by atoms with Crippen LogP contribution < -0.4 is 9.80 Å². The minimum Gasteiger partial charge on any atom is -0.445 e. The average molecular weight is 574 g/mol. The van der Waals surface area contributed by atoms with Gasteiger partial charge >= 0.3 is 18.3 Å². The number of carbonyl (C=O) groups is 3. The molecule has 3 heterocycles. The molecule has 3 amide bonds. The number of halogens is 1. The first-order chi connectivity index (χ1) is 18.7. The van der Waals surface area contributed by atoms with Crippen LogP contribution in [0, 0.1) is 0 Å². The molecule has 40 heavy (non-hydrogen) atoms. The van der Waals surface area contributed by atoms with Gasteiger partial charge in [0.25, 0.3) is 0 Å². The van der Waals surface area contributed by atoms with E-state index in [2.05, 4.69) is 10.2 Å². The molecule has 11 nitrogen and oxygen atoms in total. The molecule has 1 spiro atoms. The standard InChI is InChI=1S/C28H36ClN5O6/c1-26(2,3)39-24(36)33-18-28(13-10-14-32(17-28)23(35)38-16-19-11-8-7-9-12-19)34(25(37)40-27(4,5)6)20-15-21(29)30-31-22(20)33/h7-9,11-12,15H,10,13-14,16-18H2,1-6H3. The lowest BCUT2D eigenvalue weighted by Crippen LogP contribution is -2.69. The fraction of sp³-hybridized carbons (Fsp3) is 0.536. The summed E-state index contributed by atoms with van der Waals surface area (Å²) in [7, 11) is 0. The molecule has 1 fully saturated rings. The minimum absolute atomic E-state index is 0.00701. The van der Waals surface area contributed by atoms with E-state index < -0.39 is 35.0 Å². The Hall–Kier alpha value is -3.60. The Morgan fingerprint density at radius 1 is 0.925 bits per heavy atom. The van der Waals surface area contributed by atoms with Gasteiger partial charge in [0, 0.05) is 19.2 Å². The Morgan fingerprint density at radius 3 is 2.23 bits per heavy atom. The van der Waals surface area contributed by atoms with Crippen molar-refractivity contribution in [1.29, 1.82) is 0 Å². The molecule has 1 saturated heterocycles. The average Bonchev–Trinajstić information content (AvgIpc) is 2.85. The molecule has 0 aliphatic carbocycles. The number of rotatable bonds is 2. The highest BCUT2D eigenvalue weighted by Gasteiger charge is 2.53. The first-order valence-electron chi connectivity index (χ1n) is 13.2. The van der Waals surface area contributed by atoms with Crippen molar-refractivity contribution in [3.05, 3.63) is 47.1 Å². The second-order valence-electron chi connectivity index (χ2n) is 12.0. The van der Waals surface area contributed by atoms with Crippen molar-refractivity contribution in [3.8, 4) is 0 Å². The Morgan fingerprint density at radius 2 is 1.57 bits per heavy atom. The van der Waals surface area contributed by atoms with E-state index in [9.17, 15) is 14.4 Å². The number of amides is 3. The number of nitrogens with zero attached hydrogens (tertiary/aromatic N) is 5. The second kappa shape index (κ2) is 11.1. The van der Waals surface area contributed by atoms with Crippen molar-refractivity contribution in [2.24, 2.45) is 0 Å². The van der Waals surface area contributed by atoms with E-state index in [-0.39, 0.29) is 36.4 Å². The van der Waals surface area contributed by atoms with Crippen LogP contribution in [0.1, 0.15) is 59.9 Å². The zero-order valence-electron chi connectivity index (χ0n) is 23.8. The SMILES string of the molecule is CC(C)(C)OC(=O)N1CC2(CCCN(C(=O)OCc3ccccc3)C2)N(C(=O)OC(C)(C)C)c2cc(Cl)nnc21. The van der Waals surface area contributed by atoms with Gasteiger partial charge in [-0.25, -0.2) is 14.4 Å². The summed E-state index contributed by atoms with van der Waals surface area (Å²) in [5.74, 6) is 0.110. The summed E-state index contributed by atoms with van der Waals surface area (Å²) in [5, 5.41) is 8.12. The van der Waals surface area contributed by atoms with Gasteiger partial charge in [-0.1, -0.05) is 41.9 Å². The molecule has 12 heteroatoms. The zero-order chi connectivity index (χ0) is 29.3. The van der Waals surface area contributed by atoms with E-state index in [4.69, 9.17) is 25.8 Å². The number of hydrogen-bond acceptors (Lipinski definition) is 8. The van der Waals surface area contributed by atoms with E-state index in [1.54, 1.807) is 46.4 Å². The maximum Gasteiger partial charge on any atom is 0.416 e. The van der Waals surface area contributed by atoms with Crippen LogP contribution in [0.5, 0.6) is 0 Å². The fourth-order valence-corrected chi connectivity index (χ4v) is 5.00. The molecular weight excluding hydrogens is 538 g/mol. The molecule has 0 N–H and O–H groups in total. The second-order valence-corrected chi connectivity index (χ2v) is 12.4. The molecule has 0 radical (unpaired) electrons. The third-order valence-corrected chi connectivity index (χ3v) is 6.54. The Bertz CT molecular complexity index is 1260. The number of aromatic nitrogens is 2. The molecular formula is C28H36ClN5O6. The number of fused-ring (bicyclic) bond motifs is 1. The van der Waals surface area contributed by atoms with E-state index in [1.165, 1.54) is 15.9 Å². The third-order valence-electron chi connectivity index (χ3n) is 6.36. The summed E-state index contributed by atoms with van der Waals surface area (Å²) in [6.45, 7) is 11.2. The topological polar surface area (TPSA) is 114 Å². The number of benzene rings is 1. The third kappa shape index (κ3) is 6.75. The van der Waals surface area contributed by atoms with Gasteiger partial charge in [-0.2, -0.15) is 0 Å². The van der Waals surface area contributed by atoms with E-state index in [0.29, 0.717) is 19.4 Å². The van der Waals surface area contributed by atoms with Crippen LogP contribution in [0.15, 0.2) is 36.4 Å². The van der Waals surface area contributed by atoms with Crippen molar-refractivity contribution >= 4 is 41.4 Å². The first kappa shape index (κ1) is 29.4. The molecule has 2 aromatic rings. The van der Waals surface area contributed by atoms with Crippen LogP contribution in [0.3, 0.4) is 0 Å². The largest absolute Gasteiger partial charge is 0.445 e. The monoisotopic (exact) mass is 573 g/mol. The van der Waals surface area contributed by atoms with Crippen LogP contribution in [0.2, 0.25) is 5.15 Å². The molecule has 216 valence electrons. The first-order valence-corrected chi connectivity index (χ1v) is 13.6. The zero-order valence-corrected chi connectivity index (χ0v) is 24.5. The lowest BCUT2D eigenvalue weighted by atomic mass is 9.84. The highest BCUT2D eigenvalue weighted by molar-refractivity contribution is 6.29. The lowest BCUT2D eigenvalue weighted by Gasteiger charge is -2.53. The molecule has 4 rings (SSSR count). The molecule has 0 bridgehead atoms. The number of ether oxygens (including phenoxy) is 3. The number of carbonyl (C=O) groups excluding carboxylic acids is 3. The number of anilines is 2. The quantitative estimate of drug-likeness (QED) is 0.414. The molecule has 0 saturated carbocycles. The van der Waals surface area contributed by atoms with Crippen molar-refractivity contribution in [2.45, 2.75) is 77.7 Å². The lowest BCUT2D eigenvalue weighted by molar-refractivity contribution is 0.0395. The number of piperidine rings is 1. The van der Waals surface area contributed by atoms with Gasteiger partial charge < -0.3 is 19.1 Å². The summed E-state index contributed by atoms with van der Waals surface area (Å²) in [6.07, 6.45) is -0.817. The minimum atomic E-state index is -1.08. The normalized spacial score (nSPS) is 19.2. The number of likely N-dealkylation sites (tertiary alicyclic amines) is 1. The van der Waals surface area contributed by atoms with Crippen LogP contribution in [-0.4, -0.2) is 69.8 Å². The highest BCUT2D eigenvalue weighted by atomic mass is 35.5. The maximum absolute atomic E-state index is 13.8. The molecule has 2 aliphatic heterocycles. The summed E-state index contributed by atoms with van der Waals surface area (Å²) in [6, 6.07) is 10.8. The molecule has 1 atom stereocenters. The summed E-state index contributed by atoms with van der Waals surface area (Å²) in [4.78, 5) is 44.8. The van der Waals surface area contributed by atoms with Gasteiger partial charge in [0.2, 0.25) is 0 Å². The van der Waals surface area contributed by atoms with Gasteiger partial charge in [-0.15, -0.1) is 10.2 Å². The highest BCUT2D eigenvalue weighted by Crippen LogP contribution is 2.44. The van der Waals surface area contributed by atoms with E-state index in [1.807, 2.05) is 30.3 Å². The van der Waals surface area contributed by atoms with Crippen molar-refractivity contribution in [3.63, 3.8) is 0 Å². The smallest absolute Gasteiger partial charge is 0.416 e. The summed E-state index contributed by atoms with van der Waals surface area (Å²) in [5.41, 5.74) is -1.58. The molecule has 1 unspecified atom stereocenters. The van der Waals surface area contributed by atoms with Crippen LogP contribution in [-0.2, 0) is 20.8 Å². The Labute approximate surface area is 239 Å². The molecule has 1 aromatic heterocycles. The predicted octanol–water partition coefficient (Wildman–Crippen LogP) is 5.80. The number of hydrogen-bond donors (Lipinski definition) is 0. The van der Waals surface area contributed by atoms with Crippen molar-refractivity contribution in [2.75, 3.05) is 29.4 Å². The maximum atomic E-state index is 13.8. The Balaban J connectivity index is 1.73. The predicted molar refractivity (Wildman–Crippen MR) is 149 cm³/mol. The van der Waals surface area contributed by atoms with Gasteiger partial charge in [-0.3, -0.25) is 9.80 Å². The van der Waals surface area contributed by atoms with E-state index >= 15 is 0 Å². The van der Waals surface area contributed by atoms with Gasteiger partial charge in [-0.05, 0) is 59.9 Å². The molecule has 2 aliphatic rings. The summed E-state index contributed by atoms with van der Waals surface area (Å²) < 4.78 is 17.1. The van der Waals surface area contributed by atoms with Crippen molar-refractivity contribution in [1.82, 2.24) is 15.1 Å². The van der Waals surface area contributed by atoms with Gasteiger partial charge in [0.15, 0.2) is 11.0 Å². The van der Waals surface area contributed by atoms with Gasteiger partial charge in [0.1, 0.15) is 17.8 Å². The van der Waals surface area contributed by atoms with E-state index in [0.717, 1.165) is 5.56 Å².